The third kappa shape index (κ3) is 6.72. The predicted octanol–water partition coefficient (Wildman–Crippen LogP) is -0.624. The maximum absolute atomic E-state index is 2.32. The molecular weight excluding hydrogens is 195 g/mol. The second-order valence-corrected chi connectivity index (χ2v) is 8.60. The first-order valence-corrected chi connectivity index (χ1v) is 5.25. The van der Waals surface area contributed by atoms with Crippen LogP contribution in [0.1, 0.15) is 0 Å². The van der Waals surface area contributed by atoms with Gasteiger partial charge >= 0.3 is 56.1 Å². The van der Waals surface area contributed by atoms with Gasteiger partial charge in [-0.15, -0.1) is 0 Å². The van der Waals surface area contributed by atoms with E-state index in [9.17, 15) is 0 Å². The van der Waals surface area contributed by atoms with Crippen molar-refractivity contribution in [1.29, 1.82) is 0 Å². The normalized spacial score (nSPS) is 11.1. The molecule has 0 saturated heterocycles. The second kappa shape index (κ2) is 3.69. The molecule has 0 rings (SSSR count). The van der Waals surface area contributed by atoms with Crippen molar-refractivity contribution in [2.45, 2.75) is 0 Å². The van der Waals surface area contributed by atoms with Crippen molar-refractivity contribution in [2.24, 2.45) is 0 Å². The van der Waals surface area contributed by atoms with E-state index in [2.05, 4.69) is 34.4 Å². The van der Waals surface area contributed by atoms with Crippen LogP contribution >= 0.6 is 0 Å². The predicted molar refractivity (Wildman–Crippen MR) is 34.5 cm³/mol. The fraction of sp³-hybridized carbons (Fsp3) is 1.00. The minimum absolute atomic E-state index is 0.450. The van der Waals surface area contributed by atoms with Crippen LogP contribution in [-0.4, -0.2) is 56.1 Å². The molecule has 3 heteroatoms. The molecule has 0 aromatic carbocycles. The summed E-state index contributed by atoms with van der Waals surface area (Å²) in [5.74, 6) is 0. The van der Waals surface area contributed by atoms with E-state index in [0.717, 1.165) is 0 Å². The van der Waals surface area contributed by atoms with Gasteiger partial charge in [-0.05, 0) is 0 Å². The van der Waals surface area contributed by atoms with Gasteiger partial charge in [0.1, 0.15) is 0 Å². The molecule has 0 bridgehead atoms. The molecule has 0 aliphatic carbocycles. The van der Waals surface area contributed by atoms with Gasteiger partial charge in [-0.3, -0.25) is 0 Å². The van der Waals surface area contributed by atoms with Gasteiger partial charge in [-0.25, -0.2) is 0 Å². The summed E-state index contributed by atoms with van der Waals surface area (Å²) >= 11 is -0.450. The molecule has 0 N–H and O–H groups in total. The van der Waals surface area contributed by atoms with Gasteiger partial charge in [0.2, 0.25) is 0 Å². The molecule has 0 saturated carbocycles. The van der Waals surface area contributed by atoms with E-state index >= 15 is 0 Å². The molecule has 0 aromatic heterocycles. The number of hydrogen-bond acceptors (Lipinski definition) is 2. The zero-order chi connectivity index (χ0) is 5.86. The van der Waals surface area contributed by atoms with Crippen molar-refractivity contribution in [3.63, 3.8) is 0 Å². The van der Waals surface area contributed by atoms with Crippen molar-refractivity contribution < 1.29 is 0 Å². The molecule has 0 unspecified atom stereocenters. The second-order valence-electron chi connectivity index (χ2n) is 2.04. The Balaban J connectivity index is 2.95. The first kappa shape index (κ1) is 7.72. The molecule has 7 heavy (non-hydrogen) atoms. The van der Waals surface area contributed by atoms with Crippen LogP contribution in [0.25, 0.3) is 0 Å². The monoisotopic (exact) mass is 209 g/mol. The summed E-state index contributed by atoms with van der Waals surface area (Å²) in [6.07, 6.45) is 0. The number of rotatable bonds is 2. The molecular formula is C4H13N2Sn. The van der Waals surface area contributed by atoms with E-state index in [0.29, 0.717) is 0 Å². The maximum atomic E-state index is 2.32. The third-order valence-corrected chi connectivity index (χ3v) is 3.10. The Labute approximate surface area is 56.4 Å². The molecule has 0 spiro atoms. The van der Waals surface area contributed by atoms with Crippen molar-refractivity contribution in [1.82, 2.24) is 6.24 Å². The van der Waals surface area contributed by atoms with E-state index < -0.39 is 21.7 Å². The van der Waals surface area contributed by atoms with Crippen molar-refractivity contribution >= 4 is 21.7 Å². The Morgan fingerprint density at radius 2 is 1.14 bits per heavy atom. The third-order valence-electron chi connectivity index (χ3n) is 0.462. The molecule has 0 aliphatic rings. The Morgan fingerprint density at radius 3 is 1.14 bits per heavy atom. The summed E-state index contributed by atoms with van der Waals surface area (Å²) < 4.78 is 4.63. The van der Waals surface area contributed by atoms with Crippen LogP contribution < -0.4 is 0 Å². The molecule has 0 amide bonds. The van der Waals surface area contributed by atoms with Crippen LogP contribution in [0.4, 0.5) is 0 Å². The van der Waals surface area contributed by atoms with Crippen LogP contribution in [-0.2, 0) is 0 Å². The molecule has 0 aromatic rings. The Hall–Kier alpha value is 0.719. The van der Waals surface area contributed by atoms with Gasteiger partial charge in [0.15, 0.2) is 0 Å². The molecule has 43 valence electrons. The summed E-state index contributed by atoms with van der Waals surface area (Å²) in [5.41, 5.74) is 0. The Morgan fingerprint density at radius 1 is 0.857 bits per heavy atom. The van der Waals surface area contributed by atoms with Crippen LogP contribution in [0, 0.1) is 0 Å². The van der Waals surface area contributed by atoms with E-state index in [4.69, 9.17) is 0 Å². The summed E-state index contributed by atoms with van der Waals surface area (Å²) in [5, 5.41) is 0. The summed E-state index contributed by atoms with van der Waals surface area (Å²) in [4.78, 5) is 0. The Kier molecular flexibility index (Phi) is 4.07. The quantitative estimate of drug-likeness (QED) is 0.557. The van der Waals surface area contributed by atoms with Gasteiger partial charge in [0.25, 0.3) is 0 Å². The Bertz CT molecular complexity index is 39.0. The van der Waals surface area contributed by atoms with Crippen molar-refractivity contribution in [3.8, 4) is 0 Å². The molecule has 2 nitrogen and oxygen atoms in total. The summed E-state index contributed by atoms with van der Waals surface area (Å²) in [7, 11) is 8.56. The average Bonchev–Trinajstić information content (AvgIpc) is 1.27. The molecule has 1 radical (unpaired) electrons. The fourth-order valence-electron chi connectivity index (χ4n) is 0.462. The summed E-state index contributed by atoms with van der Waals surface area (Å²) in [6, 6.07) is 0. The van der Waals surface area contributed by atoms with Crippen molar-refractivity contribution in [3.05, 3.63) is 0 Å². The fourth-order valence-corrected chi connectivity index (χ4v) is 3.10. The average molecular weight is 208 g/mol. The van der Waals surface area contributed by atoms with E-state index in [1.165, 1.54) is 0 Å². The van der Waals surface area contributed by atoms with Crippen LogP contribution in [0.3, 0.4) is 0 Å². The minimum atomic E-state index is -0.450. The zero-order valence-electron chi connectivity index (χ0n) is 5.47. The zero-order valence-corrected chi connectivity index (χ0v) is 8.77. The van der Waals surface area contributed by atoms with Gasteiger partial charge in [0.05, 0.1) is 0 Å². The molecule has 0 atom stereocenters. The SMILES string of the molecule is C[N](C)[SnH][N](C)C. The molecule has 0 fully saturated rings. The molecule has 0 aliphatic heterocycles. The first-order chi connectivity index (χ1) is 3.13. The van der Waals surface area contributed by atoms with E-state index in [-0.39, 0.29) is 0 Å². The van der Waals surface area contributed by atoms with E-state index in [1.54, 1.807) is 0 Å². The number of nitrogens with zero attached hydrogens (tertiary/aromatic N) is 2. The van der Waals surface area contributed by atoms with Gasteiger partial charge in [-0.1, -0.05) is 0 Å². The number of hydrogen-bond donors (Lipinski definition) is 0. The summed E-state index contributed by atoms with van der Waals surface area (Å²) in [6.45, 7) is 0. The van der Waals surface area contributed by atoms with E-state index in [1.807, 2.05) is 0 Å². The van der Waals surface area contributed by atoms with Crippen LogP contribution in [0.2, 0.25) is 0 Å². The topological polar surface area (TPSA) is 6.48 Å². The van der Waals surface area contributed by atoms with Gasteiger partial charge in [-0.2, -0.15) is 0 Å². The first-order valence-electron chi connectivity index (χ1n) is 2.31. The standard InChI is InChI=1S/2C2H6N.Sn.H/c2*1-3-2;;/h2*1-2H3;;/q2*-1;+2;. The van der Waals surface area contributed by atoms with Crippen molar-refractivity contribution in [2.75, 3.05) is 28.2 Å². The van der Waals surface area contributed by atoms with Crippen LogP contribution in [0.5, 0.6) is 0 Å². The van der Waals surface area contributed by atoms with Gasteiger partial charge < -0.3 is 0 Å². The molecule has 0 heterocycles. The van der Waals surface area contributed by atoms with Crippen LogP contribution in [0.15, 0.2) is 0 Å². The van der Waals surface area contributed by atoms with Gasteiger partial charge in [0, 0.05) is 0 Å².